The van der Waals surface area contributed by atoms with E-state index >= 15 is 0 Å². The predicted molar refractivity (Wildman–Crippen MR) is 112 cm³/mol. The molecular formula is C21H40IN. The van der Waals surface area contributed by atoms with Crippen LogP contribution in [-0.4, -0.2) is 16.5 Å². The van der Waals surface area contributed by atoms with Crippen LogP contribution in [0.4, 0.5) is 0 Å². The molecule has 2 saturated carbocycles. The molecule has 2 rings (SSSR count). The summed E-state index contributed by atoms with van der Waals surface area (Å²) in [6.45, 7) is 3.65. The van der Waals surface area contributed by atoms with Gasteiger partial charge >= 0.3 is 0 Å². The molecule has 1 N–H and O–H groups in total. The summed E-state index contributed by atoms with van der Waals surface area (Å²) < 4.78 is 0.850. The first-order valence-corrected chi connectivity index (χ1v) is 11.9. The van der Waals surface area contributed by atoms with Crippen molar-refractivity contribution in [3.05, 3.63) is 0 Å². The van der Waals surface area contributed by atoms with Crippen LogP contribution in [0.25, 0.3) is 0 Å². The molecule has 0 aromatic rings. The number of hydrogen-bond acceptors (Lipinski definition) is 1. The van der Waals surface area contributed by atoms with E-state index in [4.69, 9.17) is 0 Å². The van der Waals surface area contributed by atoms with E-state index in [1.807, 2.05) is 0 Å². The summed E-state index contributed by atoms with van der Waals surface area (Å²) in [7, 11) is 0. The highest BCUT2D eigenvalue weighted by Crippen LogP contribution is 2.35. The third-order valence-corrected chi connectivity index (χ3v) is 6.91. The first kappa shape index (κ1) is 20.0. The van der Waals surface area contributed by atoms with Crippen molar-refractivity contribution in [1.29, 1.82) is 0 Å². The molecule has 0 radical (unpaired) electrons. The minimum Gasteiger partial charge on any atom is -0.314 e. The Morgan fingerprint density at radius 1 is 0.826 bits per heavy atom. The Hall–Kier alpha value is 0.690. The van der Waals surface area contributed by atoms with E-state index in [0.29, 0.717) is 0 Å². The van der Waals surface area contributed by atoms with Gasteiger partial charge in [0.2, 0.25) is 0 Å². The highest BCUT2D eigenvalue weighted by molar-refractivity contribution is 14.1. The van der Waals surface area contributed by atoms with Crippen LogP contribution in [0.2, 0.25) is 0 Å². The molecule has 0 aliphatic heterocycles. The average molecular weight is 433 g/mol. The molecule has 2 unspecified atom stereocenters. The van der Waals surface area contributed by atoms with Crippen LogP contribution in [-0.2, 0) is 0 Å². The molecule has 0 bridgehead atoms. The fraction of sp³-hybridized carbons (Fsp3) is 1.00. The third kappa shape index (κ3) is 8.56. The molecule has 136 valence electrons. The number of hydrogen-bond donors (Lipinski definition) is 1. The molecule has 0 amide bonds. The fourth-order valence-electron chi connectivity index (χ4n) is 4.82. The van der Waals surface area contributed by atoms with Crippen LogP contribution in [0, 0.1) is 11.8 Å². The summed E-state index contributed by atoms with van der Waals surface area (Å²) in [5, 5.41) is 3.88. The van der Waals surface area contributed by atoms with E-state index in [-0.39, 0.29) is 0 Å². The van der Waals surface area contributed by atoms with Crippen molar-refractivity contribution in [1.82, 2.24) is 5.32 Å². The van der Waals surface area contributed by atoms with Crippen molar-refractivity contribution < 1.29 is 0 Å². The van der Waals surface area contributed by atoms with Gasteiger partial charge in [-0.1, -0.05) is 87.3 Å². The van der Waals surface area contributed by atoms with Gasteiger partial charge < -0.3 is 5.32 Å². The summed E-state index contributed by atoms with van der Waals surface area (Å²) in [5.74, 6) is 2.07. The largest absolute Gasteiger partial charge is 0.314 e. The van der Waals surface area contributed by atoms with Gasteiger partial charge in [0.05, 0.1) is 0 Å². The lowest BCUT2D eigenvalue weighted by molar-refractivity contribution is 0.217. The minimum atomic E-state index is 0.833. The summed E-state index contributed by atoms with van der Waals surface area (Å²) in [4.78, 5) is 0. The fourth-order valence-corrected chi connectivity index (χ4v) is 5.18. The second-order valence-corrected chi connectivity index (χ2v) is 10.4. The van der Waals surface area contributed by atoms with Crippen LogP contribution in [0.5, 0.6) is 0 Å². The molecule has 0 heterocycles. The zero-order chi connectivity index (χ0) is 16.3. The quantitative estimate of drug-likeness (QED) is 0.181. The zero-order valence-corrected chi connectivity index (χ0v) is 17.7. The van der Waals surface area contributed by atoms with Gasteiger partial charge in [0, 0.05) is 9.97 Å². The number of alkyl halides is 1. The van der Waals surface area contributed by atoms with Gasteiger partial charge in [-0.2, -0.15) is 0 Å². The molecule has 0 aromatic heterocycles. The summed E-state index contributed by atoms with van der Waals surface area (Å²) in [5.41, 5.74) is 0. The van der Waals surface area contributed by atoms with E-state index in [0.717, 1.165) is 21.8 Å². The molecule has 2 heteroatoms. The standard InChI is InChI=1S/C21H40IN/c1-18(22)15-16-20(19-10-5-4-6-11-19)12-9-17-23-21-13-7-2-3-8-14-21/h18-21,23H,2-17H2,1H3. The van der Waals surface area contributed by atoms with Crippen molar-refractivity contribution in [2.75, 3.05) is 6.54 Å². The average Bonchev–Trinajstić information content (AvgIpc) is 2.83. The Labute approximate surface area is 159 Å². The highest BCUT2D eigenvalue weighted by Gasteiger charge is 2.23. The minimum absolute atomic E-state index is 0.833. The van der Waals surface area contributed by atoms with Crippen molar-refractivity contribution >= 4 is 22.6 Å². The van der Waals surface area contributed by atoms with Gasteiger partial charge in [0.15, 0.2) is 0 Å². The zero-order valence-electron chi connectivity index (χ0n) is 15.5. The SMILES string of the molecule is CC(I)CCC(CCCNC1CCCCCC1)C1CCCCC1. The maximum absolute atomic E-state index is 3.88. The summed E-state index contributed by atoms with van der Waals surface area (Å²) in [6.07, 6.45) is 22.1. The molecule has 2 fully saturated rings. The second kappa shape index (κ2) is 12.1. The number of halogens is 1. The van der Waals surface area contributed by atoms with Crippen LogP contribution in [0.3, 0.4) is 0 Å². The molecule has 0 aromatic carbocycles. The van der Waals surface area contributed by atoms with E-state index in [1.54, 1.807) is 0 Å². The molecule has 2 aliphatic rings. The predicted octanol–water partition coefficient (Wildman–Crippen LogP) is 6.88. The van der Waals surface area contributed by atoms with Crippen LogP contribution < -0.4 is 5.32 Å². The number of nitrogens with one attached hydrogen (secondary N) is 1. The van der Waals surface area contributed by atoms with E-state index in [1.165, 1.54) is 103 Å². The van der Waals surface area contributed by atoms with Crippen LogP contribution in [0.1, 0.15) is 103 Å². The van der Waals surface area contributed by atoms with E-state index in [2.05, 4.69) is 34.8 Å². The van der Waals surface area contributed by atoms with Crippen molar-refractivity contribution in [3.63, 3.8) is 0 Å². The molecule has 0 saturated heterocycles. The van der Waals surface area contributed by atoms with Gasteiger partial charge in [0.1, 0.15) is 0 Å². The Kier molecular flexibility index (Phi) is 10.5. The highest BCUT2D eigenvalue weighted by atomic mass is 127. The van der Waals surface area contributed by atoms with Crippen molar-refractivity contribution in [2.24, 2.45) is 11.8 Å². The molecule has 2 atom stereocenters. The van der Waals surface area contributed by atoms with Gasteiger partial charge in [-0.15, -0.1) is 0 Å². The Balaban J connectivity index is 1.66. The van der Waals surface area contributed by atoms with Gasteiger partial charge in [-0.3, -0.25) is 0 Å². The normalized spacial score (nSPS) is 24.3. The van der Waals surface area contributed by atoms with Crippen molar-refractivity contribution in [3.8, 4) is 0 Å². The lowest BCUT2D eigenvalue weighted by atomic mass is 9.76. The Morgan fingerprint density at radius 3 is 2.09 bits per heavy atom. The second-order valence-electron chi connectivity index (χ2n) is 8.30. The summed E-state index contributed by atoms with van der Waals surface area (Å²) >= 11 is 2.61. The first-order valence-electron chi connectivity index (χ1n) is 10.6. The van der Waals surface area contributed by atoms with Gasteiger partial charge in [-0.05, 0) is 56.9 Å². The topological polar surface area (TPSA) is 12.0 Å². The molecule has 0 spiro atoms. The molecule has 1 nitrogen and oxygen atoms in total. The Morgan fingerprint density at radius 2 is 1.43 bits per heavy atom. The van der Waals surface area contributed by atoms with Gasteiger partial charge in [-0.25, -0.2) is 0 Å². The Bertz CT molecular complexity index is 278. The van der Waals surface area contributed by atoms with Crippen molar-refractivity contribution in [2.45, 2.75) is 113 Å². The molecule has 2 aliphatic carbocycles. The monoisotopic (exact) mass is 433 g/mol. The van der Waals surface area contributed by atoms with Crippen LogP contribution >= 0.6 is 22.6 Å². The van der Waals surface area contributed by atoms with E-state index < -0.39 is 0 Å². The first-order chi connectivity index (χ1) is 11.3. The lowest BCUT2D eigenvalue weighted by Crippen LogP contribution is -2.30. The van der Waals surface area contributed by atoms with E-state index in [9.17, 15) is 0 Å². The van der Waals surface area contributed by atoms with Crippen LogP contribution in [0.15, 0.2) is 0 Å². The third-order valence-electron chi connectivity index (χ3n) is 6.29. The molecule has 23 heavy (non-hydrogen) atoms. The number of rotatable bonds is 9. The molecular weight excluding hydrogens is 393 g/mol. The van der Waals surface area contributed by atoms with Gasteiger partial charge in [0.25, 0.3) is 0 Å². The maximum Gasteiger partial charge on any atom is 0.00814 e. The summed E-state index contributed by atoms with van der Waals surface area (Å²) in [6, 6.07) is 0.833. The smallest absolute Gasteiger partial charge is 0.00814 e. The lowest BCUT2D eigenvalue weighted by Gasteiger charge is -2.31. The maximum atomic E-state index is 3.88.